The van der Waals surface area contributed by atoms with E-state index in [0.29, 0.717) is 6.42 Å². The van der Waals surface area contributed by atoms with Gasteiger partial charge in [-0.1, -0.05) is 42.5 Å². The molecule has 0 radical (unpaired) electrons. The zero-order valence-corrected chi connectivity index (χ0v) is 13.7. The molecule has 1 heterocycles. The molecular formula is C20H21NO2. The molecule has 1 N–H and O–H groups in total. The summed E-state index contributed by atoms with van der Waals surface area (Å²) in [5.74, 6) is 0.00211. The van der Waals surface area contributed by atoms with Crippen LogP contribution in [0.15, 0.2) is 53.1 Å². The van der Waals surface area contributed by atoms with Crippen molar-refractivity contribution in [1.82, 2.24) is 5.32 Å². The summed E-state index contributed by atoms with van der Waals surface area (Å²) >= 11 is 0. The summed E-state index contributed by atoms with van der Waals surface area (Å²) in [5, 5.41) is 4.07. The van der Waals surface area contributed by atoms with E-state index in [2.05, 4.69) is 18.3 Å². The number of rotatable bonds is 4. The molecule has 118 valence electrons. The van der Waals surface area contributed by atoms with Crippen molar-refractivity contribution in [3.63, 3.8) is 0 Å². The highest BCUT2D eigenvalue weighted by atomic mass is 16.3. The number of hydrogen-bond acceptors (Lipinski definition) is 2. The molecule has 3 aromatic rings. The standard InChI is InChI=1S/C20H21NO2/c1-13-9-10-18-17(12-23-20(18)14(13)2)11-19(22)21-15(3)16-7-5-4-6-8-16/h4-10,12,15H,11H2,1-3H3,(H,21,22)/t15-/m0/s1. The van der Waals surface area contributed by atoms with Crippen LogP contribution in [-0.2, 0) is 11.2 Å². The second kappa shape index (κ2) is 6.29. The third-order valence-electron chi connectivity index (χ3n) is 4.37. The molecule has 0 aliphatic heterocycles. The van der Waals surface area contributed by atoms with Crippen molar-refractivity contribution in [1.29, 1.82) is 0 Å². The van der Waals surface area contributed by atoms with Crippen LogP contribution in [0.5, 0.6) is 0 Å². The fourth-order valence-electron chi connectivity index (χ4n) is 2.82. The van der Waals surface area contributed by atoms with E-state index >= 15 is 0 Å². The van der Waals surface area contributed by atoms with Crippen LogP contribution >= 0.6 is 0 Å². The number of nitrogens with one attached hydrogen (secondary N) is 1. The first-order chi connectivity index (χ1) is 11.1. The average molecular weight is 307 g/mol. The summed E-state index contributed by atoms with van der Waals surface area (Å²) in [6.45, 7) is 6.10. The molecule has 0 aliphatic carbocycles. The maximum atomic E-state index is 12.3. The monoisotopic (exact) mass is 307 g/mol. The lowest BCUT2D eigenvalue weighted by molar-refractivity contribution is -0.121. The van der Waals surface area contributed by atoms with Gasteiger partial charge in [0, 0.05) is 10.9 Å². The molecule has 2 aromatic carbocycles. The largest absolute Gasteiger partial charge is 0.464 e. The Bertz CT molecular complexity index is 833. The smallest absolute Gasteiger partial charge is 0.225 e. The zero-order chi connectivity index (χ0) is 16.4. The second-order valence-electron chi connectivity index (χ2n) is 6.02. The first kappa shape index (κ1) is 15.3. The van der Waals surface area contributed by atoms with Gasteiger partial charge in [0.15, 0.2) is 0 Å². The highest BCUT2D eigenvalue weighted by Crippen LogP contribution is 2.26. The molecule has 0 spiro atoms. The van der Waals surface area contributed by atoms with Gasteiger partial charge in [-0.05, 0) is 37.5 Å². The van der Waals surface area contributed by atoms with Crippen LogP contribution in [0.25, 0.3) is 11.0 Å². The van der Waals surface area contributed by atoms with E-state index in [1.54, 1.807) is 6.26 Å². The van der Waals surface area contributed by atoms with Crippen molar-refractivity contribution in [2.24, 2.45) is 0 Å². The minimum absolute atomic E-state index is 0.00211. The van der Waals surface area contributed by atoms with Crippen molar-refractivity contribution in [3.05, 3.63) is 71.0 Å². The molecule has 0 saturated heterocycles. The summed E-state index contributed by atoms with van der Waals surface area (Å²) in [4.78, 5) is 12.3. The van der Waals surface area contributed by atoms with Crippen LogP contribution < -0.4 is 5.32 Å². The van der Waals surface area contributed by atoms with Crippen molar-refractivity contribution in [3.8, 4) is 0 Å². The average Bonchev–Trinajstić information content (AvgIpc) is 2.95. The van der Waals surface area contributed by atoms with Crippen molar-refractivity contribution >= 4 is 16.9 Å². The van der Waals surface area contributed by atoms with Gasteiger partial charge in [-0.3, -0.25) is 4.79 Å². The first-order valence-corrected chi connectivity index (χ1v) is 7.87. The number of carbonyl (C=O) groups is 1. The highest BCUT2D eigenvalue weighted by molar-refractivity contribution is 5.89. The SMILES string of the molecule is Cc1ccc2c(CC(=O)N[C@@H](C)c3ccccc3)coc2c1C. The maximum absolute atomic E-state index is 12.3. The van der Waals surface area contributed by atoms with Crippen LogP contribution in [0.1, 0.15) is 35.2 Å². The fourth-order valence-corrected chi connectivity index (χ4v) is 2.82. The van der Waals surface area contributed by atoms with Crippen LogP contribution in [0, 0.1) is 13.8 Å². The Kier molecular flexibility index (Phi) is 4.20. The number of carbonyl (C=O) groups excluding carboxylic acids is 1. The number of hydrogen-bond donors (Lipinski definition) is 1. The quantitative estimate of drug-likeness (QED) is 0.772. The Morgan fingerprint density at radius 2 is 1.87 bits per heavy atom. The lowest BCUT2D eigenvalue weighted by atomic mass is 10.0. The lowest BCUT2D eigenvalue weighted by Crippen LogP contribution is -2.27. The summed E-state index contributed by atoms with van der Waals surface area (Å²) in [6.07, 6.45) is 2.02. The van der Waals surface area contributed by atoms with Gasteiger partial charge in [0.05, 0.1) is 18.7 Å². The first-order valence-electron chi connectivity index (χ1n) is 7.87. The van der Waals surface area contributed by atoms with Gasteiger partial charge in [-0.2, -0.15) is 0 Å². The minimum Gasteiger partial charge on any atom is -0.464 e. The molecule has 0 aliphatic rings. The lowest BCUT2D eigenvalue weighted by Gasteiger charge is -2.14. The van der Waals surface area contributed by atoms with Crippen LogP contribution in [0.4, 0.5) is 0 Å². The molecule has 3 rings (SSSR count). The molecule has 0 unspecified atom stereocenters. The number of aryl methyl sites for hydroxylation is 2. The van der Waals surface area contributed by atoms with E-state index in [-0.39, 0.29) is 11.9 Å². The predicted octanol–water partition coefficient (Wildman–Crippen LogP) is 4.47. The van der Waals surface area contributed by atoms with Gasteiger partial charge in [-0.25, -0.2) is 0 Å². The third kappa shape index (κ3) is 3.14. The summed E-state index contributed by atoms with van der Waals surface area (Å²) in [6, 6.07) is 14.1. The number of benzene rings is 2. The Hall–Kier alpha value is -2.55. The molecule has 1 aromatic heterocycles. The van der Waals surface area contributed by atoms with Crippen molar-refractivity contribution < 1.29 is 9.21 Å². The molecule has 0 saturated carbocycles. The van der Waals surface area contributed by atoms with Crippen molar-refractivity contribution in [2.45, 2.75) is 33.2 Å². The molecule has 0 bridgehead atoms. The zero-order valence-electron chi connectivity index (χ0n) is 13.7. The van der Waals surface area contributed by atoms with E-state index in [1.807, 2.05) is 50.2 Å². The second-order valence-corrected chi connectivity index (χ2v) is 6.02. The summed E-state index contributed by atoms with van der Waals surface area (Å²) in [7, 11) is 0. The Morgan fingerprint density at radius 1 is 1.13 bits per heavy atom. The minimum atomic E-state index is -0.00848. The molecule has 3 nitrogen and oxygen atoms in total. The number of fused-ring (bicyclic) bond motifs is 1. The molecule has 1 amide bonds. The predicted molar refractivity (Wildman–Crippen MR) is 92.4 cm³/mol. The van der Waals surface area contributed by atoms with E-state index in [1.165, 1.54) is 5.56 Å². The molecule has 0 fully saturated rings. The van der Waals surface area contributed by atoms with Gasteiger partial charge in [0.2, 0.25) is 5.91 Å². The molecule has 23 heavy (non-hydrogen) atoms. The fraction of sp³-hybridized carbons (Fsp3) is 0.250. The third-order valence-corrected chi connectivity index (χ3v) is 4.37. The van der Waals surface area contributed by atoms with Crippen LogP contribution in [-0.4, -0.2) is 5.91 Å². The van der Waals surface area contributed by atoms with E-state index in [0.717, 1.165) is 27.7 Å². The van der Waals surface area contributed by atoms with Crippen molar-refractivity contribution in [2.75, 3.05) is 0 Å². The Balaban J connectivity index is 1.75. The summed E-state index contributed by atoms with van der Waals surface area (Å²) in [5.41, 5.74) is 5.24. The maximum Gasteiger partial charge on any atom is 0.225 e. The number of amides is 1. The van der Waals surface area contributed by atoms with Gasteiger partial charge in [0.25, 0.3) is 0 Å². The van der Waals surface area contributed by atoms with E-state index in [4.69, 9.17) is 4.42 Å². The van der Waals surface area contributed by atoms with E-state index in [9.17, 15) is 4.79 Å². The van der Waals surface area contributed by atoms with Crippen LogP contribution in [0.3, 0.4) is 0 Å². The molecule has 1 atom stereocenters. The number of furan rings is 1. The topological polar surface area (TPSA) is 42.2 Å². The van der Waals surface area contributed by atoms with Gasteiger partial charge >= 0.3 is 0 Å². The summed E-state index contributed by atoms with van der Waals surface area (Å²) < 4.78 is 5.67. The van der Waals surface area contributed by atoms with Gasteiger partial charge in [0.1, 0.15) is 5.58 Å². The van der Waals surface area contributed by atoms with E-state index < -0.39 is 0 Å². The molecular weight excluding hydrogens is 286 g/mol. The normalized spacial score (nSPS) is 12.3. The van der Waals surface area contributed by atoms with Gasteiger partial charge < -0.3 is 9.73 Å². The Morgan fingerprint density at radius 3 is 2.61 bits per heavy atom. The Labute approximate surface area is 136 Å². The molecule has 3 heteroatoms. The van der Waals surface area contributed by atoms with Crippen LogP contribution in [0.2, 0.25) is 0 Å². The van der Waals surface area contributed by atoms with Gasteiger partial charge in [-0.15, -0.1) is 0 Å². The highest BCUT2D eigenvalue weighted by Gasteiger charge is 2.14.